The highest BCUT2D eigenvalue weighted by atomic mass is 32.2. The van der Waals surface area contributed by atoms with Crippen LogP contribution in [0.15, 0.2) is 41.3 Å². The number of methoxy groups -OCH3 is 1. The van der Waals surface area contributed by atoms with Gasteiger partial charge in [0, 0.05) is 25.9 Å². The SMILES string of the molecule is COc1ccc(S(=O)(=O)N2CCC3(CC2)CC(=O)c2cc(C(C)(C)C)ccc2O3)cc1C. The van der Waals surface area contributed by atoms with Crippen LogP contribution in [0.25, 0.3) is 0 Å². The highest BCUT2D eigenvalue weighted by Gasteiger charge is 2.45. The fourth-order valence-corrected chi connectivity index (χ4v) is 6.06. The number of benzene rings is 2. The van der Waals surface area contributed by atoms with Crippen LogP contribution in [0.4, 0.5) is 0 Å². The average Bonchev–Trinajstić information content (AvgIpc) is 2.73. The standard InChI is InChI=1S/C25H31NO5S/c1-17-14-19(7-9-22(17)30-5)32(28,29)26-12-10-25(11-13-26)16-21(27)20-15-18(24(2,3)4)6-8-23(20)31-25/h6-9,14-15H,10-13,16H2,1-5H3. The lowest BCUT2D eigenvalue weighted by atomic mass is 9.80. The number of Topliss-reactive ketones (excluding diaryl/α,β-unsaturated/α-hetero) is 1. The number of hydrogen-bond donors (Lipinski definition) is 0. The molecule has 6 nitrogen and oxygen atoms in total. The molecular formula is C25H31NO5S. The first-order chi connectivity index (χ1) is 14.9. The minimum atomic E-state index is -3.62. The second kappa shape index (κ2) is 7.89. The molecule has 0 N–H and O–H groups in total. The Labute approximate surface area is 190 Å². The highest BCUT2D eigenvalue weighted by molar-refractivity contribution is 7.89. The number of carbonyl (C=O) groups is 1. The summed E-state index contributed by atoms with van der Waals surface area (Å²) in [5, 5.41) is 0. The Kier molecular flexibility index (Phi) is 5.62. The van der Waals surface area contributed by atoms with Gasteiger partial charge in [0.05, 0.1) is 24.0 Å². The van der Waals surface area contributed by atoms with Gasteiger partial charge in [-0.1, -0.05) is 26.8 Å². The molecule has 0 bridgehead atoms. The predicted molar refractivity (Wildman–Crippen MR) is 123 cm³/mol. The summed E-state index contributed by atoms with van der Waals surface area (Å²) in [4.78, 5) is 13.3. The first kappa shape index (κ1) is 22.8. The van der Waals surface area contributed by atoms with Crippen molar-refractivity contribution in [2.45, 2.75) is 62.9 Å². The molecule has 2 aliphatic rings. The van der Waals surface area contributed by atoms with Gasteiger partial charge in [0.2, 0.25) is 10.0 Å². The molecule has 0 aromatic heterocycles. The third-order valence-corrected chi connectivity index (χ3v) is 8.49. The van der Waals surface area contributed by atoms with E-state index in [0.717, 1.165) is 11.1 Å². The van der Waals surface area contributed by atoms with E-state index in [-0.39, 0.29) is 22.5 Å². The van der Waals surface area contributed by atoms with E-state index < -0.39 is 15.6 Å². The van der Waals surface area contributed by atoms with Gasteiger partial charge in [-0.3, -0.25) is 4.79 Å². The highest BCUT2D eigenvalue weighted by Crippen LogP contribution is 2.41. The number of hydrogen-bond acceptors (Lipinski definition) is 5. The minimum Gasteiger partial charge on any atom is -0.496 e. The molecular weight excluding hydrogens is 426 g/mol. The molecule has 1 saturated heterocycles. The summed E-state index contributed by atoms with van der Waals surface area (Å²) in [6, 6.07) is 10.7. The van der Waals surface area contributed by atoms with Crippen LogP contribution < -0.4 is 9.47 Å². The molecule has 2 aromatic carbocycles. The van der Waals surface area contributed by atoms with Gasteiger partial charge in [-0.15, -0.1) is 0 Å². The van der Waals surface area contributed by atoms with Gasteiger partial charge in [0.15, 0.2) is 5.78 Å². The molecule has 0 unspecified atom stereocenters. The molecule has 172 valence electrons. The van der Waals surface area contributed by atoms with Crippen molar-refractivity contribution in [2.24, 2.45) is 0 Å². The van der Waals surface area contributed by atoms with Gasteiger partial charge < -0.3 is 9.47 Å². The Morgan fingerprint density at radius 3 is 2.34 bits per heavy atom. The Morgan fingerprint density at radius 2 is 1.75 bits per heavy atom. The van der Waals surface area contributed by atoms with Gasteiger partial charge in [-0.05, 0) is 53.8 Å². The number of sulfonamides is 1. The Morgan fingerprint density at radius 1 is 1.06 bits per heavy atom. The van der Waals surface area contributed by atoms with E-state index in [1.165, 1.54) is 4.31 Å². The number of piperidine rings is 1. The second-order valence-electron chi connectivity index (χ2n) is 9.88. The number of ether oxygens (including phenoxy) is 2. The molecule has 1 spiro atoms. The van der Waals surface area contributed by atoms with Crippen LogP contribution in [0.3, 0.4) is 0 Å². The van der Waals surface area contributed by atoms with Gasteiger partial charge in [0.25, 0.3) is 0 Å². The quantitative estimate of drug-likeness (QED) is 0.679. The van der Waals surface area contributed by atoms with E-state index in [9.17, 15) is 13.2 Å². The fourth-order valence-electron chi connectivity index (χ4n) is 4.53. The van der Waals surface area contributed by atoms with E-state index in [2.05, 4.69) is 20.8 Å². The summed E-state index contributed by atoms with van der Waals surface area (Å²) >= 11 is 0. The number of fused-ring (bicyclic) bond motifs is 1. The molecule has 0 radical (unpaired) electrons. The van der Waals surface area contributed by atoms with Crippen LogP contribution in [0.5, 0.6) is 11.5 Å². The molecule has 0 aliphatic carbocycles. The van der Waals surface area contributed by atoms with Crippen LogP contribution in [0.2, 0.25) is 0 Å². The van der Waals surface area contributed by atoms with Crippen molar-refractivity contribution in [2.75, 3.05) is 20.2 Å². The summed E-state index contributed by atoms with van der Waals surface area (Å²) in [6.45, 7) is 8.81. The normalized spacial score (nSPS) is 18.8. The molecule has 0 amide bonds. The fraction of sp³-hybridized carbons (Fsp3) is 0.480. The minimum absolute atomic E-state index is 0.0516. The van der Waals surface area contributed by atoms with E-state index in [1.54, 1.807) is 25.3 Å². The molecule has 0 saturated carbocycles. The van der Waals surface area contributed by atoms with Crippen molar-refractivity contribution in [1.82, 2.24) is 4.31 Å². The maximum Gasteiger partial charge on any atom is 0.243 e. The van der Waals surface area contributed by atoms with Crippen molar-refractivity contribution in [3.8, 4) is 11.5 Å². The van der Waals surface area contributed by atoms with E-state index >= 15 is 0 Å². The van der Waals surface area contributed by atoms with Crippen LogP contribution in [0.1, 0.15) is 61.5 Å². The lowest BCUT2D eigenvalue weighted by molar-refractivity contribution is 0.00587. The zero-order valence-corrected chi connectivity index (χ0v) is 20.2. The largest absolute Gasteiger partial charge is 0.496 e. The van der Waals surface area contributed by atoms with E-state index in [0.29, 0.717) is 43.0 Å². The zero-order chi connectivity index (χ0) is 23.3. The first-order valence-electron chi connectivity index (χ1n) is 11.0. The third kappa shape index (κ3) is 4.04. The van der Waals surface area contributed by atoms with E-state index in [4.69, 9.17) is 9.47 Å². The van der Waals surface area contributed by atoms with Gasteiger partial charge >= 0.3 is 0 Å². The predicted octanol–water partition coefficient (Wildman–Crippen LogP) is 4.49. The average molecular weight is 458 g/mol. The Balaban J connectivity index is 1.52. The molecule has 4 rings (SSSR count). The maximum atomic E-state index is 13.2. The molecule has 2 aromatic rings. The maximum absolute atomic E-state index is 13.2. The lowest BCUT2D eigenvalue weighted by Gasteiger charge is -2.43. The van der Waals surface area contributed by atoms with Crippen molar-refractivity contribution < 1.29 is 22.7 Å². The molecule has 2 heterocycles. The second-order valence-corrected chi connectivity index (χ2v) is 11.8. The zero-order valence-electron chi connectivity index (χ0n) is 19.4. The van der Waals surface area contributed by atoms with Crippen molar-refractivity contribution in [1.29, 1.82) is 0 Å². The number of aryl methyl sites for hydroxylation is 1. The summed E-state index contributed by atoms with van der Waals surface area (Å²) in [6.07, 6.45) is 1.24. The molecule has 2 aliphatic heterocycles. The topological polar surface area (TPSA) is 72.9 Å². The number of carbonyl (C=O) groups excluding carboxylic acids is 1. The molecule has 0 atom stereocenters. The summed E-state index contributed by atoms with van der Waals surface area (Å²) in [5.74, 6) is 1.33. The van der Waals surface area contributed by atoms with Crippen LogP contribution >= 0.6 is 0 Å². The van der Waals surface area contributed by atoms with Crippen molar-refractivity contribution in [3.63, 3.8) is 0 Å². The Bertz CT molecular complexity index is 1160. The van der Waals surface area contributed by atoms with E-state index in [1.807, 2.05) is 25.1 Å². The third-order valence-electron chi connectivity index (χ3n) is 6.59. The van der Waals surface area contributed by atoms with Crippen LogP contribution in [-0.2, 0) is 15.4 Å². The summed E-state index contributed by atoms with van der Waals surface area (Å²) in [7, 11) is -2.06. The number of rotatable bonds is 3. The molecule has 1 fully saturated rings. The van der Waals surface area contributed by atoms with Gasteiger partial charge in [-0.25, -0.2) is 8.42 Å². The number of ketones is 1. The van der Waals surface area contributed by atoms with Crippen LogP contribution in [-0.4, -0.2) is 44.3 Å². The number of nitrogens with zero attached hydrogens (tertiary/aromatic N) is 1. The smallest absolute Gasteiger partial charge is 0.243 e. The Hall–Kier alpha value is -2.38. The summed E-state index contributed by atoms with van der Waals surface area (Å²) in [5.41, 5.74) is 1.81. The summed E-state index contributed by atoms with van der Waals surface area (Å²) < 4.78 is 39.5. The van der Waals surface area contributed by atoms with Crippen molar-refractivity contribution in [3.05, 3.63) is 53.1 Å². The first-order valence-corrected chi connectivity index (χ1v) is 12.4. The van der Waals surface area contributed by atoms with Crippen molar-refractivity contribution >= 4 is 15.8 Å². The molecule has 32 heavy (non-hydrogen) atoms. The van der Waals surface area contributed by atoms with Crippen LogP contribution in [0, 0.1) is 6.92 Å². The molecule has 7 heteroatoms. The lowest BCUT2D eigenvalue weighted by Crippen LogP contribution is -2.52. The van der Waals surface area contributed by atoms with Gasteiger partial charge in [0.1, 0.15) is 17.1 Å². The van der Waals surface area contributed by atoms with Gasteiger partial charge in [-0.2, -0.15) is 4.31 Å². The monoisotopic (exact) mass is 457 g/mol.